The predicted octanol–water partition coefficient (Wildman–Crippen LogP) is 3.54. The molecule has 2 aliphatic carbocycles. The molecule has 8 nitrogen and oxygen atoms in total. The average molecular weight is 565 g/mol. The van der Waals surface area contributed by atoms with E-state index in [-0.39, 0.29) is 17.7 Å². The zero-order chi connectivity index (χ0) is 29.2. The van der Waals surface area contributed by atoms with E-state index in [2.05, 4.69) is 15.6 Å². The maximum absolute atomic E-state index is 13.8. The van der Waals surface area contributed by atoms with Crippen molar-refractivity contribution < 1.29 is 28.8 Å². The van der Waals surface area contributed by atoms with Crippen LogP contribution in [0.1, 0.15) is 50.8 Å². The van der Waals surface area contributed by atoms with Crippen LogP contribution in [0.5, 0.6) is 17.2 Å². The Morgan fingerprint density at radius 2 is 1.67 bits per heavy atom. The maximum atomic E-state index is 13.8. The summed E-state index contributed by atoms with van der Waals surface area (Å²) >= 11 is 0. The van der Waals surface area contributed by atoms with Gasteiger partial charge in [0, 0.05) is 29.3 Å². The van der Waals surface area contributed by atoms with Gasteiger partial charge >= 0.3 is 0 Å². The minimum absolute atomic E-state index is 0.164. The smallest absolute Gasteiger partial charge is 0.258 e. The Labute approximate surface area is 245 Å². The summed E-state index contributed by atoms with van der Waals surface area (Å²) in [5, 5.41) is 6.91. The van der Waals surface area contributed by atoms with Crippen molar-refractivity contribution in [2.45, 2.75) is 25.9 Å². The summed E-state index contributed by atoms with van der Waals surface area (Å²) in [5.41, 5.74) is 5.82. The summed E-state index contributed by atoms with van der Waals surface area (Å²) in [7, 11) is 3.27. The first kappa shape index (κ1) is 27.5. The van der Waals surface area contributed by atoms with Gasteiger partial charge in [-0.15, -0.1) is 0 Å². The van der Waals surface area contributed by atoms with E-state index in [0.717, 1.165) is 54.3 Å². The molecule has 6 rings (SSSR count). The van der Waals surface area contributed by atoms with Gasteiger partial charge < -0.3 is 24.8 Å². The SMILES string of the molecule is COc1ccc(CCNCCCNc2cc3c(c4c2C(=O)c2ccccc2C4=O)[NH+]=C2C(C)=CC=CC2O3)cc1OC. The fourth-order valence-corrected chi connectivity index (χ4v) is 5.71. The molecule has 3 aromatic rings. The van der Waals surface area contributed by atoms with Crippen molar-refractivity contribution in [3.63, 3.8) is 0 Å². The molecule has 0 amide bonds. The Bertz CT molecular complexity index is 1670. The van der Waals surface area contributed by atoms with Crippen LogP contribution < -0.4 is 29.8 Å². The third kappa shape index (κ3) is 4.99. The molecule has 0 fully saturated rings. The molecule has 0 radical (unpaired) electrons. The maximum Gasteiger partial charge on any atom is 0.258 e. The van der Waals surface area contributed by atoms with Crippen LogP contribution in [0.25, 0.3) is 0 Å². The summed E-state index contributed by atoms with van der Waals surface area (Å²) in [4.78, 5) is 31.1. The van der Waals surface area contributed by atoms with Gasteiger partial charge in [-0.2, -0.15) is 0 Å². The van der Waals surface area contributed by atoms with E-state index >= 15 is 0 Å². The number of fused-ring (bicyclic) bond motifs is 5. The van der Waals surface area contributed by atoms with E-state index in [4.69, 9.17) is 14.2 Å². The van der Waals surface area contributed by atoms with E-state index in [1.807, 2.05) is 49.4 Å². The lowest BCUT2D eigenvalue weighted by atomic mass is 9.81. The number of hydrogen-bond donors (Lipinski definition) is 3. The Kier molecular flexibility index (Phi) is 7.63. The molecule has 0 bridgehead atoms. The van der Waals surface area contributed by atoms with E-state index in [1.54, 1.807) is 38.5 Å². The number of methoxy groups -OCH3 is 2. The molecule has 42 heavy (non-hydrogen) atoms. The van der Waals surface area contributed by atoms with Gasteiger partial charge in [0.2, 0.25) is 17.6 Å². The van der Waals surface area contributed by atoms with Gasteiger partial charge in [0.1, 0.15) is 5.56 Å². The van der Waals surface area contributed by atoms with E-state index < -0.39 is 0 Å². The number of carbonyl (C=O) groups is 2. The normalized spacial score (nSPS) is 16.3. The van der Waals surface area contributed by atoms with E-state index in [0.29, 0.717) is 45.9 Å². The summed E-state index contributed by atoms with van der Waals surface area (Å²) in [6.07, 6.45) is 7.35. The van der Waals surface area contributed by atoms with Crippen LogP contribution in [0.15, 0.2) is 72.3 Å². The van der Waals surface area contributed by atoms with Crippen LogP contribution in [0, 0.1) is 0 Å². The van der Waals surface area contributed by atoms with Crippen molar-refractivity contribution in [2.75, 3.05) is 39.2 Å². The standard InChI is InChI=1S/C34H33N3O5/c1-20-8-6-11-26-31(20)37-32-28(42-26)19-24(29-30(32)34(39)23-10-5-4-9-22(23)33(29)38)36-16-7-15-35-17-14-21-12-13-25(40-2)27(18-21)41-3/h4-6,8-13,18-19,26,35-36H,7,14-17H2,1-3H3/p+1. The molecule has 1 unspecified atom stereocenters. The molecule has 1 atom stereocenters. The van der Waals surface area contributed by atoms with Gasteiger partial charge in [0.15, 0.2) is 23.0 Å². The molecule has 0 saturated carbocycles. The van der Waals surface area contributed by atoms with Gasteiger partial charge in [-0.25, -0.2) is 4.99 Å². The van der Waals surface area contributed by atoms with Gasteiger partial charge in [-0.1, -0.05) is 42.5 Å². The first-order valence-corrected chi connectivity index (χ1v) is 14.2. The number of carbonyl (C=O) groups excluding carboxylic acids is 2. The molecule has 1 aliphatic heterocycles. The Balaban J connectivity index is 1.18. The van der Waals surface area contributed by atoms with Gasteiger partial charge in [-0.05, 0) is 56.6 Å². The molecule has 214 valence electrons. The lowest BCUT2D eigenvalue weighted by Crippen LogP contribution is -2.73. The van der Waals surface area contributed by atoms with Gasteiger partial charge in [0.25, 0.3) is 5.69 Å². The van der Waals surface area contributed by atoms with E-state index in [9.17, 15) is 9.59 Å². The first-order valence-electron chi connectivity index (χ1n) is 14.2. The number of ketones is 2. The van der Waals surface area contributed by atoms with Crippen molar-refractivity contribution >= 4 is 28.7 Å². The Morgan fingerprint density at radius 1 is 0.905 bits per heavy atom. The van der Waals surface area contributed by atoms with Crippen molar-refractivity contribution in [3.05, 3.63) is 100 Å². The number of nitrogens with one attached hydrogen (secondary N) is 3. The summed E-state index contributed by atoms with van der Waals surface area (Å²) in [6.45, 7) is 4.22. The minimum Gasteiger partial charge on any atom is -0.493 e. The van der Waals surface area contributed by atoms with Crippen LogP contribution in [-0.4, -0.2) is 57.2 Å². The average Bonchev–Trinajstić information content (AvgIpc) is 3.02. The van der Waals surface area contributed by atoms with Crippen molar-refractivity contribution in [2.24, 2.45) is 0 Å². The number of benzene rings is 3. The molecular formula is C34H34N3O5+. The zero-order valence-electron chi connectivity index (χ0n) is 24.0. The number of ether oxygens (including phenoxy) is 3. The molecule has 3 aliphatic rings. The number of rotatable bonds is 10. The number of hydrogen-bond acceptors (Lipinski definition) is 7. The van der Waals surface area contributed by atoms with Crippen LogP contribution in [0.2, 0.25) is 0 Å². The highest BCUT2D eigenvalue weighted by Gasteiger charge is 2.41. The highest BCUT2D eigenvalue weighted by molar-refractivity contribution is 6.32. The van der Waals surface area contributed by atoms with Crippen molar-refractivity contribution in [3.8, 4) is 17.2 Å². The van der Waals surface area contributed by atoms with Crippen LogP contribution in [0.4, 0.5) is 11.4 Å². The molecule has 0 saturated heterocycles. The second kappa shape index (κ2) is 11.7. The van der Waals surface area contributed by atoms with Gasteiger partial charge in [0.05, 0.1) is 25.5 Å². The monoisotopic (exact) mass is 564 g/mol. The fraction of sp³-hybridized carbons (Fsp3) is 0.265. The van der Waals surface area contributed by atoms with Crippen molar-refractivity contribution in [1.29, 1.82) is 0 Å². The number of anilines is 1. The lowest BCUT2D eigenvalue weighted by molar-refractivity contribution is -0.363. The van der Waals surface area contributed by atoms with Gasteiger partial charge in [-0.3, -0.25) is 9.59 Å². The molecule has 0 aromatic heterocycles. The largest absolute Gasteiger partial charge is 0.493 e. The molecular weight excluding hydrogens is 530 g/mol. The lowest BCUT2D eigenvalue weighted by Gasteiger charge is -2.26. The Hall–Kier alpha value is -4.69. The molecule has 8 heteroatoms. The third-order valence-electron chi connectivity index (χ3n) is 7.90. The summed E-state index contributed by atoms with van der Waals surface area (Å²) in [5.74, 6) is 1.65. The quantitative estimate of drug-likeness (QED) is 0.254. The molecule has 1 heterocycles. The second-order valence-electron chi connectivity index (χ2n) is 10.5. The fourth-order valence-electron chi connectivity index (χ4n) is 5.71. The summed E-state index contributed by atoms with van der Waals surface area (Å²) < 4.78 is 17.1. The van der Waals surface area contributed by atoms with E-state index in [1.165, 1.54) is 0 Å². The van der Waals surface area contributed by atoms with Crippen LogP contribution in [-0.2, 0) is 6.42 Å². The number of allylic oxidation sites excluding steroid dienone is 2. The third-order valence-corrected chi connectivity index (χ3v) is 7.90. The molecule has 3 N–H and O–H groups in total. The van der Waals surface area contributed by atoms with Crippen molar-refractivity contribution in [1.82, 2.24) is 5.32 Å². The van der Waals surface area contributed by atoms with Crippen LogP contribution >= 0.6 is 0 Å². The first-order chi connectivity index (χ1) is 20.5. The Morgan fingerprint density at radius 3 is 2.43 bits per heavy atom. The summed E-state index contributed by atoms with van der Waals surface area (Å²) in [6, 6.07) is 14.8. The second-order valence-corrected chi connectivity index (χ2v) is 10.5. The minimum atomic E-state index is -0.273. The highest BCUT2D eigenvalue weighted by Crippen LogP contribution is 2.41. The topological polar surface area (TPSA) is 99.9 Å². The predicted molar refractivity (Wildman–Crippen MR) is 162 cm³/mol. The highest BCUT2D eigenvalue weighted by atomic mass is 16.5. The molecule has 0 spiro atoms. The van der Waals surface area contributed by atoms with Crippen LogP contribution in [0.3, 0.4) is 0 Å². The molecule has 3 aromatic carbocycles. The zero-order valence-corrected chi connectivity index (χ0v) is 24.0.